The third-order valence-corrected chi connectivity index (χ3v) is 4.42. The molecule has 1 aromatic carbocycles. The molecule has 1 N–H and O–H groups in total. The molecule has 120 valence electrons. The van der Waals surface area contributed by atoms with Crippen LogP contribution in [0.2, 0.25) is 0 Å². The quantitative estimate of drug-likeness (QED) is 0.758. The predicted molar refractivity (Wildman–Crippen MR) is 77.3 cm³/mol. The first-order valence-corrected chi connectivity index (χ1v) is 8.29. The number of halogens is 2. The van der Waals surface area contributed by atoms with Gasteiger partial charge in [-0.05, 0) is 37.1 Å². The van der Waals surface area contributed by atoms with E-state index < -0.39 is 15.6 Å². The standard InChI is InChI=1S/C14H21F2NO3S/c1-3-8-17-12(10-20-2)9-11-4-6-13(7-5-11)21(18,19)14(15)16/h4-7,12,14,17H,3,8-10H2,1-2H3. The molecular formula is C14H21F2NO3S. The lowest BCUT2D eigenvalue weighted by Gasteiger charge is -2.17. The second kappa shape index (κ2) is 8.41. The second-order valence-electron chi connectivity index (χ2n) is 4.76. The fourth-order valence-electron chi connectivity index (χ4n) is 1.94. The molecule has 0 spiro atoms. The molecule has 1 aromatic rings. The van der Waals surface area contributed by atoms with Gasteiger partial charge in [0.05, 0.1) is 11.5 Å². The van der Waals surface area contributed by atoms with Gasteiger partial charge in [-0.1, -0.05) is 19.1 Å². The molecule has 1 unspecified atom stereocenters. The van der Waals surface area contributed by atoms with Crippen molar-refractivity contribution in [3.63, 3.8) is 0 Å². The summed E-state index contributed by atoms with van der Waals surface area (Å²) in [6.07, 6.45) is 1.63. The molecule has 1 rings (SSSR count). The van der Waals surface area contributed by atoms with Gasteiger partial charge in [0.15, 0.2) is 0 Å². The van der Waals surface area contributed by atoms with E-state index in [2.05, 4.69) is 12.2 Å². The molecule has 4 nitrogen and oxygen atoms in total. The van der Waals surface area contributed by atoms with Crippen LogP contribution in [0, 0.1) is 0 Å². The van der Waals surface area contributed by atoms with E-state index in [1.165, 1.54) is 12.1 Å². The Kier molecular flexibility index (Phi) is 7.21. The summed E-state index contributed by atoms with van der Waals surface area (Å²) in [4.78, 5) is -0.356. The van der Waals surface area contributed by atoms with E-state index in [9.17, 15) is 17.2 Å². The molecule has 0 aliphatic rings. The lowest BCUT2D eigenvalue weighted by molar-refractivity contribution is 0.166. The Balaban J connectivity index is 2.77. The zero-order chi connectivity index (χ0) is 15.9. The minimum absolute atomic E-state index is 0.104. The molecule has 7 heteroatoms. The Morgan fingerprint density at radius 2 is 1.86 bits per heavy atom. The number of hydrogen-bond acceptors (Lipinski definition) is 4. The van der Waals surface area contributed by atoms with Gasteiger partial charge in [0, 0.05) is 13.2 Å². The van der Waals surface area contributed by atoms with E-state index in [1.54, 1.807) is 19.2 Å². The summed E-state index contributed by atoms with van der Waals surface area (Å²) in [5.41, 5.74) is 0.869. The summed E-state index contributed by atoms with van der Waals surface area (Å²) in [6.45, 7) is 3.43. The normalized spacial score (nSPS) is 13.6. The number of nitrogens with one attached hydrogen (secondary N) is 1. The number of hydrogen-bond donors (Lipinski definition) is 1. The maximum Gasteiger partial charge on any atom is 0.341 e. The minimum atomic E-state index is -4.52. The lowest BCUT2D eigenvalue weighted by atomic mass is 10.1. The van der Waals surface area contributed by atoms with E-state index in [0.29, 0.717) is 13.0 Å². The van der Waals surface area contributed by atoms with Gasteiger partial charge in [-0.2, -0.15) is 8.78 Å². The third-order valence-electron chi connectivity index (χ3n) is 3.02. The van der Waals surface area contributed by atoms with Crippen LogP contribution in [-0.2, 0) is 21.0 Å². The summed E-state index contributed by atoms with van der Waals surface area (Å²) >= 11 is 0. The van der Waals surface area contributed by atoms with Crippen LogP contribution in [0.15, 0.2) is 29.2 Å². The topological polar surface area (TPSA) is 55.4 Å². The molecule has 1 atom stereocenters. The number of rotatable bonds is 9. The average molecular weight is 321 g/mol. The Labute approximate surface area is 124 Å². The highest BCUT2D eigenvalue weighted by molar-refractivity contribution is 7.91. The van der Waals surface area contributed by atoms with E-state index in [0.717, 1.165) is 18.5 Å². The van der Waals surface area contributed by atoms with E-state index in [-0.39, 0.29) is 10.9 Å². The van der Waals surface area contributed by atoms with Crippen LogP contribution in [0.25, 0.3) is 0 Å². The Hall–Kier alpha value is -1.05. The van der Waals surface area contributed by atoms with Crippen molar-refractivity contribution in [2.45, 2.75) is 36.5 Å². The highest BCUT2D eigenvalue weighted by Crippen LogP contribution is 2.19. The Morgan fingerprint density at radius 1 is 1.24 bits per heavy atom. The van der Waals surface area contributed by atoms with E-state index >= 15 is 0 Å². The highest BCUT2D eigenvalue weighted by atomic mass is 32.2. The van der Waals surface area contributed by atoms with Crippen LogP contribution in [0.4, 0.5) is 8.78 Å². The molecule has 0 fully saturated rings. The molecule has 0 aliphatic heterocycles. The molecule has 21 heavy (non-hydrogen) atoms. The number of alkyl halides is 2. The SMILES string of the molecule is CCCNC(COC)Cc1ccc(S(=O)(=O)C(F)F)cc1. The summed E-state index contributed by atoms with van der Waals surface area (Å²) in [7, 11) is -2.91. The zero-order valence-electron chi connectivity index (χ0n) is 12.2. The molecule has 0 radical (unpaired) electrons. The molecule has 0 bridgehead atoms. The monoisotopic (exact) mass is 321 g/mol. The van der Waals surface area contributed by atoms with Crippen LogP contribution >= 0.6 is 0 Å². The molecule has 0 saturated heterocycles. The average Bonchev–Trinajstić information content (AvgIpc) is 2.45. The maximum atomic E-state index is 12.4. The Morgan fingerprint density at radius 3 is 2.33 bits per heavy atom. The first-order chi connectivity index (χ1) is 9.91. The molecule has 0 saturated carbocycles. The number of sulfone groups is 1. The van der Waals surface area contributed by atoms with Crippen molar-refractivity contribution in [2.75, 3.05) is 20.3 Å². The van der Waals surface area contributed by atoms with Crippen LogP contribution < -0.4 is 5.32 Å². The fraction of sp³-hybridized carbons (Fsp3) is 0.571. The maximum absolute atomic E-state index is 12.4. The number of ether oxygens (including phenoxy) is 1. The summed E-state index contributed by atoms with van der Waals surface area (Å²) in [5, 5.41) is 3.32. The van der Waals surface area contributed by atoms with Crippen molar-refractivity contribution >= 4 is 9.84 Å². The third kappa shape index (κ3) is 5.33. The first-order valence-electron chi connectivity index (χ1n) is 6.75. The predicted octanol–water partition coefficient (Wildman–Crippen LogP) is 2.24. The number of methoxy groups -OCH3 is 1. The fourth-order valence-corrected chi connectivity index (χ4v) is 2.66. The van der Waals surface area contributed by atoms with Gasteiger partial charge in [0.2, 0.25) is 9.84 Å². The van der Waals surface area contributed by atoms with Crippen molar-refractivity contribution in [1.29, 1.82) is 0 Å². The molecule has 0 amide bonds. The van der Waals surface area contributed by atoms with Crippen LogP contribution in [0.3, 0.4) is 0 Å². The van der Waals surface area contributed by atoms with Gasteiger partial charge >= 0.3 is 5.76 Å². The van der Waals surface area contributed by atoms with Gasteiger partial charge in [0.25, 0.3) is 0 Å². The summed E-state index contributed by atoms with van der Waals surface area (Å²) in [5.74, 6) is -3.39. The van der Waals surface area contributed by atoms with Crippen molar-refractivity contribution in [1.82, 2.24) is 5.32 Å². The zero-order valence-corrected chi connectivity index (χ0v) is 13.0. The van der Waals surface area contributed by atoms with Crippen LogP contribution in [0.1, 0.15) is 18.9 Å². The molecule has 0 heterocycles. The van der Waals surface area contributed by atoms with E-state index in [1.807, 2.05) is 0 Å². The molecular weight excluding hydrogens is 300 g/mol. The molecule has 0 aliphatic carbocycles. The van der Waals surface area contributed by atoms with E-state index in [4.69, 9.17) is 4.74 Å². The van der Waals surface area contributed by atoms with Gasteiger partial charge in [-0.25, -0.2) is 8.42 Å². The lowest BCUT2D eigenvalue weighted by Crippen LogP contribution is -2.35. The smallest absolute Gasteiger partial charge is 0.341 e. The van der Waals surface area contributed by atoms with Crippen molar-refractivity contribution < 1.29 is 21.9 Å². The minimum Gasteiger partial charge on any atom is -0.383 e. The second-order valence-corrected chi connectivity index (χ2v) is 6.68. The highest BCUT2D eigenvalue weighted by Gasteiger charge is 2.26. The Bertz CT molecular complexity index is 518. The number of benzene rings is 1. The molecule has 0 aromatic heterocycles. The van der Waals surface area contributed by atoms with Crippen molar-refractivity contribution in [2.24, 2.45) is 0 Å². The largest absolute Gasteiger partial charge is 0.383 e. The van der Waals surface area contributed by atoms with Crippen molar-refractivity contribution in [3.8, 4) is 0 Å². The summed E-state index contributed by atoms with van der Waals surface area (Å²) in [6, 6.07) is 5.67. The van der Waals surface area contributed by atoms with Gasteiger partial charge in [-0.3, -0.25) is 0 Å². The van der Waals surface area contributed by atoms with Gasteiger partial charge in [0.1, 0.15) is 0 Å². The van der Waals surface area contributed by atoms with Crippen LogP contribution in [0.5, 0.6) is 0 Å². The van der Waals surface area contributed by atoms with Crippen molar-refractivity contribution in [3.05, 3.63) is 29.8 Å². The van der Waals surface area contributed by atoms with Gasteiger partial charge in [-0.15, -0.1) is 0 Å². The van der Waals surface area contributed by atoms with Crippen LogP contribution in [-0.4, -0.2) is 40.5 Å². The first kappa shape index (κ1) is 18.0. The van der Waals surface area contributed by atoms with Gasteiger partial charge < -0.3 is 10.1 Å². The summed E-state index contributed by atoms with van der Waals surface area (Å²) < 4.78 is 52.6.